The van der Waals surface area contributed by atoms with E-state index < -0.39 is 17.4 Å². The van der Waals surface area contributed by atoms with Gasteiger partial charge in [0.05, 0.1) is 19.3 Å². The van der Waals surface area contributed by atoms with E-state index in [1.165, 1.54) is 0 Å². The number of hydrogen-bond donors (Lipinski definition) is 0. The lowest BCUT2D eigenvalue weighted by Gasteiger charge is -2.29. The highest BCUT2D eigenvalue weighted by molar-refractivity contribution is 6.06. The molecular formula is C19H25NO4. The number of ether oxygens (including phenoxy) is 2. The van der Waals surface area contributed by atoms with Crippen molar-refractivity contribution in [3.8, 4) is 6.07 Å². The van der Waals surface area contributed by atoms with Crippen molar-refractivity contribution in [2.75, 3.05) is 13.2 Å². The topological polar surface area (TPSA) is 76.4 Å². The molecule has 0 amide bonds. The molecule has 24 heavy (non-hydrogen) atoms. The highest BCUT2D eigenvalue weighted by Gasteiger charge is 2.49. The van der Waals surface area contributed by atoms with Gasteiger partial charge in [0.1, 0.15) is 0 Å². The molecule has 0 fully saturated rings. The zero-order valence-corrected chi connectivity index (χ0v) is 14.4. The third-order valence-corrected chi connectivity index (χ3v) is 3.85. The average molecular weight is 331 g/mol. The minimum atomic E-state index is -1.44. The molecule has 0 radical (unpaired) electrons. The lowest BCUT2D eigenvalue weighted by molar-refractivity contribution is -0.165. The molecule has 130 valence electrons. The summed E-state index contributed by atoms with van der Waals surface area (Å²) in [5, 5.41) is 8.62. The van der Waals surface area contributed by atoms with Gasteiger partial charge in [0, 0.05) is 6.42 Å². The molecule has 0 spiro atoms. The smallest absolute Gasteiger partial charge is 0.328 e. The molecular weight excluding hydrogens is 306 g/mol. The van der Waals surface area contributed by atoms with E-state index in [9.17, 15) is 9.59 Å². The van der Waals surface area contributed by atoms with Crippen LogP contribution in [0.2, 0.25) is 0 Å². The Hall–Kier alpha value is -2.35. The van der Waals surface area contributed by atoms with Gasteiger partial charge in [-0.15, -0.1) is 0 Å². The maximum Gasteiger partial charge on any atom is 0.328 e. The first-order valence-corrected chi connectivity index (χ1v) is 8.40. The van der Waals surface area contributed by atoms with Crippen LogP contribution >= 0.6 is 0 Å². The molecule has 0 atom stereocenters. The summed E-state index contributed by atoms with van der Waals surface area (Å²) < 4.78 is 10.4. The fraction of sp³-hybridized carbons (Fsp3) is 0.526. The molecule has 1 aromatic carbocycles. The number of nitriles is 1. The maximum absolute atomic E-state index is 12.7. The summed E-state index contributed by atoms with van der Waals surface area (Å²) in [6.07, 6.45) is 2.92. The third-order valence-electron chi connectivity index (χ3n) is 3.85. The van der Waals surface area contributed by atoms with Crippen molar-refractivity contribution in [1.29, 1.82) is 5.26 Å². The van der Waals surface area contributed by atoms with E-state index in [2.05, 4.69) is 6.07 Å². The number of hydrogen-bond acceptors (Lipinski definition) is 5. The monoisotopic (exact) mass is 331 g/mol. The van der Waals surface area contributed by atoms with E-state index >= 15 is 0 Å². The Bertz CT molecular complexity index is 544. The van der Waals surface area contributed by atoms with E-state index in [1.54, 1.807) is 38.1 Å². The number of unbranched alkanes of at least 4 members (excludes halogenated alkanes) is 3. The highest BCUT2D eigenvalue weighted by atomic mass is 16.6. The van der Waals surface area contributed by atoms with Crippen LogP contribution in [-0.2, 0) is 24.5 Å². The number of carbonyl (C=O) groups is 2. The van der Waals surface area contributed by atoms with E-state index in [1.807, 2.05) is 6.07 Å². The van der Waals surface area contributed by atoms with Gasteiger partial charge < -0.3 is 9.47 Å². The van der Waals surface area contributed by atoms with Crippen molar-refractivity contribution >= 4 is 11.9 Å². The van der Waals surface area contributed by atoms with Crippen LogP contribution < -0.4 is 0 Å². The molecule has 0 aliphatic rings. The Labute approximate surface area is 143 Å². The standard InChI is InChI=1S/C19H25NO4/c1-3-23-17(21)19(18(22)24-4-2,14-10-5-6-11-15-20)16-12-8-7-9-13-16/h7-9,12-13H,3-6,10-11,14H2,1-2H3. The second kappa shape index (κ2) is 10.4. The van der Waals surface area contributed by atoms with Crippen molar-refractivity contribution in [3.63, 3.8) is 0 Å². The van der Waals surface area contributed by atoms with Gasteiger partial charge in [-0.25, -0.2) is 0 Å². The van der Waals surface area contributed by atoms with Gasteiger partial charge in [-0.1, -0.05) is 43.2 Å². The quantitative estimate of drug-likeness (QED) is 0.372. The Morgan fingerprint density at radius 1 is 1.00 bits per heavy atom. The predicted octanol–water partition coefficient (Wildman–Crippen LogP) is 3.52. The predicted molar refractivity (Wildman–Crippen MR) is 90.1 cm³/mol. The largest absolute Gasteiger partial charge is 0.465 e. The summed E-state index contributed by atoms with van der Waals surface area (Å²) in [6, 6.07) is 11.0. The molecule has 1 rings (SSSR count). The second-order valence-corrected chi connectivity index (χ2v) is 5.43. The first-order valence-electron chi connectivity index (χ1n) is 8.40. The van der Waals surface area contributed by atoms with Gasteiger partial charge in [-0.2, -0.15) is 5.26 Å². The molecule has 0 saturated heterocycles. The molecule has 5 heteroatoms. The van der Waals surface area contributed by atoms with Crippen molar-refractivity contribution < 1.29 is 19.1 Å². The SMILES string of the molecule is CCOC(=O)C(CCCCCC#N)(C(=O)OCC)c1ccccc1. The van der Waals surface area contributed by atoms with Crippen molar-refractivity contribution in [1.82, 2.24) is 0 Å². The minimum Gasteiger partial charge on any atom is -0.465 e. The van der Waals surface area contributed by atoms with E-state index in [4.69, 9.17) is 14.7 Å². The van der Waals surface area contributed by atoms with Crippen LogP contribution in [-0.4, -0.2) is 25.2 Å². The Morgan fingerprint density at radius 2 is 1.58 bits per heavy atom. The second-order valence-electron chi connectivity index (χ2n) is 5.43. The van der Waals surface area contributed by atoms with Crippen LogP contribution in [0, 0.1) is 11.3 Å². The Balaban J connectivity index is 3.15. The zero-order valence-electron chi connectivity index (χ0n) is 14.4. The zero-order chi connectivity index (χ0) is 17.8. The molecule has 0 aliphatic heterocycles. The summed E-state index contributed by atoms with van der Waals surface area (Å²) in [5.74, 6) is -1.15. The maximum atomic E-state index is 12.7. The van der Waals surface area contributed by atoms with Crippen LogP contribution in [0.25, 0.3) is 0 Å². The molecule has 0 unspecified atom stereocenters. The average Bonchev–Trinajstić information content (AvgIpc) is 2.59. The lowest BCUT2D eigenvalue weighted by Crippen LogP contribution is -2.46. The van der Waals surface area contributed by atoms with Gasteiger partial charge in [0.25, 0.3) is 0 Å². The normalized spacial score (nSPS) is 10.7. The van der Waals surface area contributed by atoms with Crippen LogP contribution in [0.4, 0.5) is 0 Å². The molecule has 0 N–H and O–H groups in total. The number of carbonyl (C=O) groups excluding carboxylic acids is 2. The number of benzene rings is 1. The van der Waals surface area contributed by atoms with Gasteiger partial charge in [0.15, 0.2) is 5.41 Å². The highest BCUT2D eigenvalue weighted by Crippen LogP contribution is 2.34. The van der Waals surface area contributed by atoms with Crippen LogP contribution in [0.3, 0.4) is 0 Å². The molecule has 0 heterocycles. The molecule has 5 nitrogen and oxygen atoms in total. The number of nitrogens with zero attached hydrogens (tertiary/aromatic N) is 1. The van der Waals surface area contributed by atoms with Crippen molar-refractivity contribution in [3.05, 3.63) is 35.9 Å². The van der Waals surface area contributed by atoms with Gasteiger partial charge in [0.2, 0.25) is 0 Å². The Morgan fingerprint density at radius 3 is 2.08 bits per heavy atom. The summed E-state index contributed by atoms with van der Waals surface area (Å²) in [4.78, 5) is 25.5. The Kier molecular flexibility index (Phi) is 8.56. The summed E-state index contributed by atoms with van der Waals surface area (Å²) >= 11 is 0. The van der Waals surface area contributed by atoms with Crippen LogP contribution in [0.5, 0.6) is 0 Å². The summed E-state index contributed by atoms with van der Waals surface area (Å²) in [7, 11) is 0. The third kappa shape index (κ3) is 4.82. The molecule has 0 aliphatic carbocycles. The van der Waals surface area contributed by atoms with Gasteiger partial charge in [-0.05, 0) is 32.3 Å². The van der Waals surface area contributed by atoms with E-state index in [0.29, 0.717) is 24.8 Å². The van der Waals surface area contributed by atoms with Gasteiger partial charge >= 0.3 is 11.9 Å². The summed E-state index contributed by atoms with van der Waals surface area (Å²) in [5.41, 5.74) is -0.859. The van der Waals surface area contributed by atoms with Crippen molar-refractivity contribution in [2.24, 2.45) is 0 Å². The van der Waals surface area contributed by atoms with Crippen molar-refractivity contribution in [2.45, 2.75) is 51.4 Å². The first-order chi connectivity index (χ1) is 11.6. The molecule has 0 aromatic heterocycles. The minimum absolute atomic E-state index is 0.196. The number of rotatable bonds is 10. The number of esters is 2. The van der Waals surface area contributed by atoms with Crippen LogP contribution in [0.1, 0.15) is 51.5 Å². The summed E-state index contributed by atoms with van der Waals surface area (Å²) in [6.45, 7) is 3.82. The fourth-order valence-electron chi connectivity index (χ4n) is 2.67. The molecule has 0 saturated carbocycles. The fourth-order valence-corrected chi connectivity index (χ4v) is 2.67. The molecule has 0 bridgehead atoms. The first kappa shape index (κ1) is 19.7. The van der Waals surface area contributed by atoms with Crippen LogP contribution in [0.15, 0.2) is 30.3 Å². The molecule has 1 aromatic rings. The lowest BCUT2D eigenvalue weighted by atomic mass is 9.76. The van der Waals surface area contributed by atoms with Gasteiger partial charge in [-0.3, -0.25) is 9.59 Å². The van der Waals surface area contributed by atoms with E-state index in [-0.39, 0.29) is 13.2 Å². The van der Waals surface area contributed by atoms with E-state index in [0.717, 1.165) is 12.8 Å².